The van der Waals surface area contributed by atoms with Crippen molar-refractivity contribution in [2.45, 2.75) is 64.0 Å². The molecule has 0 radical (unpaired) electrons. The summed E-state index contributed by atoms with van der Waals surface area (Å²) in [4.78, 5) is 17.8. The first-order valence-corrected chi connectivity index (χ1v) is 19.9. The Morgan fingerprint density at radius 2 is 1.53 bits per heavy atom. The number of anilines is 2. The average molecular weight is 702 g/mol. The van der Waals surface area contributed by atoms with Crippen LogP contribution in [0.1, 0.15) is 57.9 Å². The van der Waals surface area contributed by atoms with Crippen molar-refractivity contribution >= 4 is 60.5 Å². The number of amides is 1. The Morgan fingerprint density at radius 3 is 2.11 bits per heavy atom. The van der Waals surface area contributed by atoms with E-state index < -0.39 is 25.3 Å². The minimum Gasteiger partial charge on any atom is -0.312 e. The summed E-state index contributed by atoms with van der Waals surface area (Å²) in [5, 5.41) is 0.359. The highest BCUT2D eigenvalue weighted by molar-refractivity contribution is 7.93. The Balaban J connectivity index is 1.26. The van der Waals surface area contributed by atoms with Crippen LogP contribution in [0.15, 0.2) is 42.5 Å². The van der Waals surface area contributed by atoms with Gasteiger partial charge in [0.05, 0.1) is 21.6 Å². The molecule has 0 unspecified atom stereocenters. The molecule has 0 aromatic heterocycles. The lowest BCUT2D eigenvalue weighted by atomic mass is 9.90. The molecule has 13 heteroatoms. The van der Waals surface area contributed by atoms with Crippen molar-refractivity contribution in [3.8, 4) is 0 Å². The lowest BCUT2D eigenvalue weighted by Crippen LogP contribution is -2.40. The maximum absolute atomic E-state index is 13.6. The number of likely N-dealkylation sites (tertiary alicyclic amines) is 1. The number of carbonyl (C=O) groups excluding carboxylic acids is 1. The number of rotatable bonds is 13. The largest absolute Gasteiger partial charge is 0.312 e. The van der Waals surface area contributed by atoms with Gasteiger partial charge in [0.25, 0.3) is 0 Å². The number of benzene rings is 2. The Labute approximate surface area is 279 Å². The number of sulfonamides is 2. The third kappa shape index (κ3) is 10.6. The highest BCUT2D eigenvalue weighted by atomic mass is 35.5. The summed E-state index contributed by atoms with van der Waals surface area (Å²) < 4.78 is 52.2. The molecule has 0 atom stereocenters. The van der Waals surface area contributed by atoms with Crippen molar-refractivity contribution in [2.24, 2.45) is 11.8 Å². The summed E-state index contributed by atoms with van der Waals surface area (Å²) >= 11 is 12.5. The molecule has 1 N–H and O–H groups in total. The molecule has 0 bridgehead atoms. The van der Waals surface area contributed by atoms with E-state index in [9.17, 15) is 21.6 Å². The second-order valence-corrected chi connectivity index (χ2v) is 17.7. The predicted molar refractivity (Wildman–Crippen MR) is 184 cm³/mol. The molecule has 2 aliphatic heterocycles. The van der Waals surface area contributed by atoms with E-state index in [1.54, 1.807) is 26.0 Å². The van der Waals surface area contributed by atoms with Crippen molar-refractivity contribution in [1.29, 1.82) is 0 Å². The molecule has 4 rings (SSSR count). The third-order valence-electron chi connectivity index (χ3n) is 8.94. The van der Waals surface area contributed by atoms with Gasteiger partial charge < -0.3 is 9.80 Å². The summed E-state index contributed by atoms with van der Waals surface area (Å²) in [5.41, 5.74) is 2.52. The molecular formula is C32H46Cl2N4O5S2. The Morgan fingerprint density at radius 1 is 0.911 bits per heavy atom. The maximum Gasteiger partial charge on any atom is 0.235 e. The SMILES string of the molecule is CC(C)S(=O)(=O)Nc1ccc(CC2CCN(CCCN(C(=O)CC3CCN(S(C)(=O)=O)CC3)c3ccc(Cl)c(Cl)c3)CC2)cc1. The molecule has 9 nitrogen and oxygen atoms in total. The van der Waals surface area contributed by atoms with E-state index in [0.717, 1.165) is 51.0 Å². The van der Waals surface area contributed by atoms with Crippen molar-refractivity contribution in [2.75, 3.05) is 55.1 Å². The van der Waals surface area contributed by atoms with Crippen LogP contribution >= 0.6 is 23.2 Å². The van der Waals surface area contributed by atoms with E-state index in [4.69, 9.17) is 23.2 Å². The molecular weight excluding hydrogens is 655 g/mol. The van der Waals surface area contributed by atoms with Crippen LogP contribution in [0.25, 0.3) is 0 Å². The zero-order valence-electron chi connectivity index (χ0n) is 26.4. The lowest BCUT2D eigenvalue weighted by molar-refractivity contribution is -0.119. The van der Waals surface area contributed by atoms with Gasteiger partial charge >= 0.3 is 0 Å². The number of halogens is 2. The van der Waals surface area contributed by atoms with Crippen LogP contribution in [0, 0.1) is 11.8 Å². The molecule has 2 fully saturated rings. The zero-order valence-corrected chi connectivity index (χ0v) is 29.6. The highest BCUT2D eigenvalue weighted by Crippen LogP contribution is 2.30. The van der Waals surface area contributed by atoms with Crippen LogP contribution in [0.2, 0.25) is 10.0 Å². The lowest BCUT2D eigenvalue weighted by Gasteiger charge is -2.33. The van der Waals surface area contributed by atoms with Crippen LogP contribution in [-0.4, -0.2) is 82.7 Å². The molecule has 2 aliphatic rings. The first kappa shape index (κ1) is 36.0. The average Bonchev–Trinajstić information content (AvgIpc) is 2.98. The van der Waals surface area contributed by atoms with Crippen molar-refractivity contribution < 1.29 is 21.6 Å². The molecule has 2 aromatic carbocycles. The van der Waals surface area contributed by atoms with E-state index in [1.165, 1.54) is 16.1 Å². The van der Waals surface area contributed by atoms with Gasteiger partial charge in [-0.3, -0.25) is 9.52 Å². The van der Waals surface area contributed by atoms with Crippen LogP contribution in [0.5, 0.6) is 0 Å². The summed E-state index contributed by atoms with van der Waals surface area (Å²) in [6.07, 6.45) is 6.90. The second kappa shape index (κ2) is 15.8. The van der Waals surface area contributed by atoms with E-state index >= 15 is 0 Å². The molecule has 45 heavy (non-hydrogen) atoms. The van der Waals surface area contributed by atoms with Crippen LogP contribution in [0.4, 0.5) is 11.4 Å². The molecule has 1 amide bonds. The summed E-state index contributed by atoms with van der Waals surface area (Å²) in [6, 6.07) is 13.0. The monoisotopic (exact) mass is 700 g/mol. The normalized spacial score (nSPS) is 17.9. The van der Waals surface area contributed by atoms with Gasteiger partial charge in [0.2, 0.25) is 26.0 Å². The van der Waals surface area contributed by atoms with Gasteiger partial charge in [0.15, 0.2) is 0 Å². The predicted octanol–water partition coefficient (Wildman–Crippen LogP) is 5.88. The fraction of sp³-hybridized carbons (Fsp3) is 0.594. The van der Waals surface area contributed by atoms with Crippen LogP contribution < -0.4 is 9.62 Å². The van der Waals surface area contributed by atoms with Crippen molar-refractivity contribution in [3.05, 3.63) is 58.1 Å². The molecule has 250 valence electrons. The van der Waals surface area contributed by atoms with Gasteiger partial charge in [-0.2, -0.15) is 0 Å². The van der Waals surface area contributed by atoms with Gasteiger partial charge in [-0.15, -0.1) is 0 Å². The van der Waals surface area contributed by atoms with Gasteiger partial charge in [-0.25, -0.2) is 21.1 Å². The Bertz CT molecular complexity index is 1500. The first-order valence-electron chi connectivity index (χ1n) is 15.7. The minimum absolute atomic E-state index is 0.0212. The Kier molecular flexibility index (Phi) is 12.6. The smallest absolute Gasteiger partial charge is 0.235 e. The minimum atomic E-state index is -3.36. The molecule has 2 aromatic rings. The molecule has 0 saturated carbocycles. The highest BCUT2D eigenvalue weighted by Gasteiger charge is 2.28. The van der Waals surface area contributed by atoms with E-state index in [1.807, 2.05) is 35.2 Å². The number of carbonyl (C=O) groups is 1. The zero-order chi connectivity index (χ0) is 32.8. The molecule has 0 aliphatic carbocycles. The van der Waals surface area contributed by atoms with Gasteiger partial charge in [-0.1, -0.05) is 35.3 Å². The maximum atomic E-state index is 13.6. The third-order valence-corrected chi connectivity index (χ3v) is 12.7. The number of hydrogen-bond acceptors (Lipinski definition) is 6. The van der Waals surface area contributed by atoms with Gasteiger partial charge in [0.1, 0.15) is 0 Å². The Hall–Kier alpha value is -1.89. The molecule has 0 spiro atoms. The van der Waals surface area contributed by atoms with E-state index in [-0.39, 0.29) is 11.8 Å². The van der Waals surface area contributed by atoms with E-state index in [0.29, 0.717) is 60.5 Å². The second-order valence-electron chi connectivity index (χ2n) is 12.7. The molecule has 2 saturated heterocycles. The first-order chi connectivity index (χ1) is 21.2. The number of nitrogens with one attached hydrogen (secondary N) is 1. The molecule has 2 heterocycles. The van der Waals surface area contributed by atoms with Crippen LogP contribution in [-0.2, 0) is 31.3 Å². The summed E-state index contributed by atoms with van der Waals surface area (Å²) in [5.74, 6) is 0.733. The topological polar surface area (TPSA) is 107 Å². The number of hydrogen-bond donors (Lipinski definition) is 1. The summed E-state index contributed by atoms with van der Waals surface area (Å²) in [6.45, 7) is 7.65. The van der Waals surface area contributed by atoms with Crippen LogP contribution in [0.3, 0.4) is 0 Å². The van der Waals surface area contributed by atoms with Crippen molar-refractivity contribution in [3.63, 3.8) is 0 Å². The fourth-order valence-electron chi connectivity index (χ4n) is 6.04. The van der Waals surface area contributed by atoms with E-state index in [2.05, 4.69) is 9.62 Å². The van der Waals surface area contributed by atoms with Crippen molar-refractivity contribution in [1.82, 2.24) is 9.21 Å². The fourth-order valence-corrected chi connectivity index (χ4v) is 7.91. The summed E-state index contributed by atoms with van der Waals surface area (Å²) in [7, 11) is -6.57. The van der Waals surface area contributed by atoms with Gasteiger partial charge in [0, 0.05) is 37.4 Å². The number of nitrogens with zero attached hydrogens (tertiary/aromatic N) is 3. The number of piperidine rings is 2. The standard InChI is InChI=1S/C32H46Cl2N4O5S2/c1-24(2)45(42,43)35-28-7-5-25(6-8-28)21-26-11-17-36(18-12-26)15-4-16-38(29-9-10-30(33)31(34)23-29)32(39)22-27-13-19-37(20-14-27)44(3,40)41/h5-10,23-24,26-27,35H,4,11-22H2,1-3H3. The van der Waals surface area contributed by atoms with Gasteiger partial charge in [-0.05, 0) is 120 Å². The quantitative estimate of drug-likeness (QED) is 0.280.